The third-order valence-electron chi connectivity index (χ3n) is 5.02. The minimum absolute atomic E-state index is 0.000983. The first-order chi connectivity index (χ1) is 16.1. The highest BCUT2D eigenvalue weighted by Gasteiger charge is 2.33. The predicted octanol–water partition coefficient (Wildman–Crippen LogP) is 5.24. The molecule has 0 heterocycles. The summed E-state index contributed by atoms with van der Waals surface area (Å²) < 4.78 is 27.0. The van der Waals surface area contributed by atoms with Gasteiger partial charge >= 0.3 is 0 Å². The lowest BCUT2D eigenvalue weighted by atomic mass is 10.1. The lowest BCUT2D eigenvalue weighted by Gasteiger charge is -2.34. The van der Waals surface area contributed by atoms with Crippen LogP contribution in [0.4, 0.5) is 5.69 Å². The van der Waals surface area contributed by atoms with E-state index in [0.717, 1.165) is 10.6 Å². The van der Waals surface area contributed by atoms with Crippen LogP contribution in [0.25, 0.3) is 0 Å². The van der Waals surface area contributed by atoms with Crippen LogP contribution in [-0.2, 0) is 26.2 Å². The Balaban J connectivity index is 2.50. The molecule has 2 aromatic rings. The number of benzene rings is 2. The fourth-order valence-corrected chi connectivity index (χ4v) is 5.15. The number of nitrogens with zero attached hydrogens (tertiary/aromatic N) is 2. The van der Waals surface area contributed by atoms with Gasteiger partial charge in [-0.1, -0.05) is 58.2 Å². The Hall–Kier alpha value is -1.81. The van der Waals surface area contributed by atoms with Gasteiger partial charge in [-0.2, -0.15) is 0 Å². The Bertz CT molecular complexity index is 1190. The summed E-state index contributed by atoms with van der Waals surface area (Å²) in [6.07, 6.45) is 1.35. The van der Waals surface area contributed by atoms with E-state index < -0.39 is 34.1 Å². The second kappa shape index (κ2) is 12.0. The minimum atomic E-state index is -3.81. The molecule has 0 aliphatic carbocycles. The zero-order valence-corrected chi connectivity index (χ0v) is 24.2. The molecule has 2 rings (SSSR count). The molecule has 0 saturated carbocycles. The highest BCUT2D eigenvalue weighted by atomic mass is 79.9. The maximum absolute atomic E-state index is 13.7. The van der Waals surface area contributed by atoms with Gasteiger partial charge in [-0.05, 0) is 63.1 Å². The van der Waals surface area contributed by atoms with Gasteiger partial charge in [0.15, 0.2) is 0 Å². The molecule has 0 aromatic heterocycles. The highest BCUT2D eigenvalue weighted by Crippen LogP contribution is 2.26. The summed E-state index contributed by atoms with van der Waals surface area (Å²) >= 11 is 15.7. The molecule has 0 unspecified atom stereocenters. The van der Waals surface area contributed by atoms with E-state index in [9.17, 15) is 18.0 Å². The summed E-state index contributed by atoms with van der Waals surface area (Å²) in [5.74, 6) is -0.885. The summed E-state index contributed by atoms with van der Waals surface area (Å²) in [4.78, 5) is 28.2. The van der Waals surface area contributed by atoms with Gasteiger partial charge in [0.2, 0.25) is 21.8 Å². The van der Waals surface area contributed by atoms with Crippen LogP contribution < -0.4 is 9.62 Å². The molecule has 0 spiro atoms. The molecule has 2 amide bonds. The van der Waals surface area contributed by atoms with Crippen LogP contribution in [0.1, 0.15) is 39.7 Å². The number of carbonyl (C=O) groups is 2. The third-order valence-corrected chi connectivity index (χ3v) is 7.24. The van der Waals surface area contributed by atoms with Crippen LogP contribution in [0.5, 0.6) is 0 Å². The third kappa shape index (κ3) is 8.66. The number of nitrogens with one attached hydrogen (secondary N) is 1. The van der Waals surface area contributed by atoms with Crippen molar-refractivity contribution in [1.29, 1.82) is 0 Å². The second-order valence-corrected chi connectivity index (χ2v) is 12.8. The average Bonchev–Trinajstić information content (AvgIpc) is 2.71. The van der Waals surface area contributed by atoms with Crippen LogP contribution >= 0.6 is 39.1 Å². The molecule has 0 saturated heterocycles. The molecule has 7 nitrogen and oxygen atoms in total. The summed E-state index contributed by atoms with van der Waals surface area (Å²) in [5.41, 5.74) is 0.387. The zero-order valence-electron chi connectivity index (χ0n) is 20.3. The molecule has 2 aromatic carbocycles. The SMILES string of the molecule is CC[C@@H](C(=O)NC(C)(C)C)N(Cc1ccc(Cl)cc1Cl)C(=O)CN(c1cccc(Br)c1)S(C)(=O)=O. The molecule has 35 heavy (non-hydrogen) atoms. The van der Waals surface area contributed by atoms with Crippen molar-refractivity contribution in [2.75, 3.05) is 17.1 Å². The number of rotatable bonds is 9. The number of carbonyl (C=O) groups excluding carboxylic acids is 2. The van der Waals surface area contributed by atoms with Gasteiger partial charge in [0.25, 0.3) is 0 Å². The van der Waals surface area contributed by atoms with Crippen molar-refractivity contribution in [1.82, 2.24) is 10.2 Å². The fraction of sp³-hybridized carbons (Fsp3) is 0.417. The maximum atomic E-state index is 13.7. The summed E-state index contributed by atoms with van der Waals surface area (Å²) in [6.45, 7) is 6.84. The number of halogens is 3. The van der Waals surface area contributed by atoms with Gasteiger partial charge in [0.1, 0.15) is 12.6 Å². The van der Waals surface area contributed by atoms with E-state index in [4.69, 9.17) is 23.2 Å². The van der Waals surface area contributed by atoms with Crippen LogP contribution in [0.2, 0.25) is 10.0 Å². The van der Waals surface area contributed by atoms with E-state index in [1.807, 2.05) is 20.8 Å². The van der Waals surface area contributed by atoms with Gasteiger partial charge < -0.3 is 10.2 Å². The molecule has 1 atom stereocenters. The van der Waals surface area contributed by atoms with Crippen molar-refractivity contribution in [2.45, 2.75) is 52.2 Å². The molecule has 0 bridgehead atoms. The van der Waals surface area contributed by atoms with Crippen LogP contribution in [-0.4, -0.2) is 49.5 Å². The lowest BCUT2D eigenvalue weighted by molar-refractivity contribution is -0.141. The van der Waals surface area contributed by atoms with E-state index in [-0.39, 0.29) is 12.5 Å². The number of hydrogen-bond acceptors (Lipinski definition) is 4. The molecule has 0 aliphatic rings. The molecule has 192 valence electrons. The summed E-state index contributed by atoms with van der Waals surface area (Å²) in [6, 6.07) is 10.7. The first kappa shape index (κ1) is 29.4. The second-order valence-electron chi connectivity index (χ2n) is 9.17. The molecule has 1 N–H and O–H groups in total. The Morgan fingerprint density at radius 2 is 1.77 bits per heavy atom. The van der Waals surface area contributed by atoms with Crippen molar-refractivity contribution < 1.29 is 18.0 Å². The quantitative estimate of drug-likeness (QED) is 0.423. The fourth-order valence-electron chi connectivity index (χ4n) is 3.45. The Kier molecular flexibility index (Phi) is 10.0. The topological polar surface area (TPSA) is 86.8 Å². The van der Waals surface area contributed by atoms with Gasteiger partial charge in [-0.3, -0.25) is 13.9 Å². The Morgan fingerprint density at radius 1 is 1.11 bits per heavy atom. The highest BCUT2D eigenvalue weighted by molar-refractivity contribution is 9.10. The van der Waals surface area contributed by atoms with Crippen molar-refractivity contribution in [3.8, 4) is 0 Å². The zero-order chi connectivity index (χ0) is 26.6. The predicted molar refractivity (Wildman–Crippen MR) is 145 cm³/mol. The van der Waals surface area contributed by atoms with Gasteiger partial charge in [-0.25, -0.2) is 8.42 Å². The molecule has 0 radical (unpaired) electrons. The van der Waals surface area contributed by atoms with Gasteiger partial charge in [0.05, 0.1) is 11.9 Å². The van der Waals surface area contributed by atoms with Crippen molar-refractivity contribution in [3.05, 3.63) is 62.5 Å². The molecule has 11 heteroatoms. The largest absolute Gasteiger partial charge is 0.350 e. The maximum Gasteiger partial charge on any atom is 0.244 e. The van der Waals surface area contributed by atoms with E-state index in [1.165, 1.54) is 4.90 Å². The van der Waals surface area contributed by atoms with Crippen molar-refractivity contribution >= 4 is 66.7 Å². The standard InChI is InChI=1S/C24H30BrCl2N3O4S/c1-6-21(23(32)28-24(2,3)4)29(14-16-10-11-18(26)13-20(16)27)22(31)15-30(35(5,33)34)19-9-7-8-17(25)12-19/h7-13,21H,6,14-15H2,1-5H3,(H,28,32)/t21-/m0/s1. The van der Waals surface area contributed by atoms with Crippen molar-refractivity contribution in [2.24, 2.45) is 0 Å². The Morgan fingerprint density at radius 3 is 2.29 bits per heavy atom. The van der Waals surface area contributed by atoms with Crippen LogP contribution in [0.15, 0.2) is 46.9 Å². The molecule has 0 fully saturated rings. The first-order valence-electron chi connectivity index (χ1n) is 10.9. The van der Waals surface area contributed by atoms with Crippen molar-refractivity contribution in [3.63, 3.8) is 0 Å². The van der Waals surface area contributed by atoms with E-state index in [0.29, 0.717) is 32.2 Å². The van der Waals surface area contributed by atoms with Crippen LogP contribution in [0, 0.1) is 0 Å². The normalized spacial score (nSPS) is 12.7. The number of amides is 2. The minimum Gasteiger partial charge on any atom is -0.350 e. The Labute approximate surface area is 225 Å². The average molecular weight is 607 g/mol. The van der Waals surface area contributed by atoms with E-state index >= 15 is 0 Å². The van der Waals surface area contributed by atoms with E-state index in [2.05, 4.69) is 21.2 Å². The lowest BCUT2D eigenvalue weighted by Crippen LogP contribution is -2.55. The monoisotopic (exact) mass is 605 g/mol. The van der Waals surface area contributed by atoms with Crippen LogP contribution in [0.3, 0.4) is 0 Å². The molecule has 0 aliphatic heterocycles. The summed E-state index contributed by atoms with van der Waals surface area (Å²) in [7, 11) is -3.81. The number of anilines is 1. The molecular weight excluding hydrogens is 577 g/mol. The number of sulfonamides is 1. The van der Waals surface area contributed by atoms with E-state index in [1.54, 1.807) is 49.4 Å². The van der Waals surface area contributed by atoms with Gasteiger partial charge in [0, 0.05) is 26.6 Å². The first-order valence-corrected chi connectivity index (χ1v) is 14.3. The number of hydrogen-bond donors (Lipinski definition) is 1. The molecular formula is C24H30BrCl2N3O4S. The summed E-state index contributed by atoms with van der Waals surface area (Å²) in [5, 5.41) is 3.69. The van der Waals surface area contributed by atoms with Gasteiger partial charge in [-0.15, -0.1) is 0 Å². The smallest absolute Gasteiger partial charge is 0.244 e.